The number of nitrogens with one attached hydrogen (secondary N) is 2. The van der Waals surface area contributed by atoms with Gasteiger partial charge in [0.2, 0.25) is 11.6 Å². The second-order valence-corrected chi connectivity index (χ2v) is 5.65. The minimum atomic E-state index is -0.544. The Morgan fingerprint density at radius 3 is 2.52 bits per heavy atom. The summed E-state index contributed by atoms with van der Waals surface area (Å²) < 4.78 is 0. The third kappa shape index (κ3) is 4.40. The Hall–Kier alpha value is -3.88. The zero-order chi connectivity index (χ0) is 19.2. The van der Waals surface area contributed by atoms with Gasteiger partial charge in [0, 0.05) is 30.2 Å². The average molecular weight is 364 g/mol. The van der Waals surface area contributed by atoms with Crippen LogP contribution < -0.4 is 10.6 Å². The summed E-state index contributed by atoms with van der Waals surface area (Å²) in [5.41, 5.74) is 1.72. The molecule has 2 N–H and O–H groups in total. The molecule has 1 aromatic carbocycles. The summed E-state index contributed by atoms with van der Waals surface area (Å²) in [6, 6.07) is 10.2. The van der Waals surface area contributed by atoms with Crippen LogP contribution in [0, 0.1) is 10.1 Å². The van der Waals surface area contributed by atoms with Crippen LogP contribution in [-0.2, 0) is 6.54 Å². The maximum Gasteiger partial charge on any atom is 0.353 e. The fourth-order valence-electron chi connectivity index (χ4n) is 2.39. The van der Waals surface area contributed by atoms with E-state index in [2.05, 4.69) is 25.6 Å². The molecule has 9 nitrogen and oxygen atoms in total. The number of rotatable bonds is 7. The molecule has 0 unspecified atom stereocenters. The van der Waals surface area contributed by atoms with Crippen LogP contribution in [0.25, 0.3) is 0 Å². The summed E-state index contributed by atoms with van der Waals surface area (Å²) in [5, 5.41) is 17.4. The lowest BCUT2D eigenvalue weighted by Crippen LogP contribution is -2.08. The highest BCUT2D eigenvalue weighted by molar-refractivity contribution is 5.94. The van der Waals surface area contributed by atoms with Crippen molar-refractivity contribution >= 4 is 28.8 Å². The van der Waals surface area contributed by atoms with Gasteiger partial charge in [-0.25, -0.2) is 9.97 Å². The Balaban J connectivity index is 1.84. The van der Waals surface area contributed by atoms with Crippen LogP contribution in [0.15, 0.2) is 55.1 Å². The molecule has 0 saturated carbocycles. The van der Waals surface area contributed by atoms with Crippen molar-refractivity contribution in [3.63, 3.8) is 0 Å². The molecule has 0 aliphatic heterocycles. The van der Waals surface area contributed by atoms with Crippen molar-refractivity contribution in [3.8, 4) is 0 Å². The highest BCUT2D eigenvalue weighted by atomic mass is 16.6. The molecule has 0 atom stereocenters. The molecule has 2 heterocycles. The Morgan fingerprint density at radius 1 is 1.15 bits per heavy atom. The third-order valence-electron chi connectivity index (χ3n) is 3.74. The highest BCUT2D eigenvalue weighted by Crippen LogP contribution is 2.31. The Kier molecular flexibility index (Phi) is 5.31. The van der Waals surface area contributed by atoms with Gasteiger partial charge in [0.05, 0.1) is 4.92 Å². The average Bonchev–Trinajstić information content (AvgIpc) is 2.67. The number of benzene rings is 1. The Morgan fingerprint density at radius 2 is 1.89 bits per heavy atom. The van der Waals surface area contributed by atoms with Crippen LogP contribution in [-0.4, -0.2) is 25.7 Å². The molecular formula is C18H16N6O3. The molecule has 0 bridgehead atoms. The fourth-order valence-corrected chi connectivity index (χ4v) is 2.39. The number of pyridine rings is 1. The van der Waals surface area contributed by atoms with Gasteiger partial charge >= 0.3 is 5.69 Å². The standard InChI is InChI=1S/C18H16N6O3/c1-12(25)14-4-6-15(7-5-14)23-18-16(24(26)27)17(21-11-22-18)20-10-13-3-2-8-19-9-13/h2-9,11H,10H2,1H3,(H2,20,21,22,23). The summed E-state index contributed by atoms with van der Waals surface area (Å²) in [6.45, 7) is 1.80. The molecule has 27 heavy (non-hydrogen) atoms. The predicted octanol–water partition coefficient (Wildman–Crippen LogP) is 3.34. The number of nitro groups is 1. The first-order valence-corrected chi connectivity index (χ1v) is 8.05. The van der Waals surface area contributed by atoms with E-state index < -0.39 is 4.92 Å². The quantitative estimate of drug-likeness (QED) is 0.372. The van der Waals surface area contributed by atoms with E-state index >= 15 is 0 Å². The number of hydrogen-bond acceptors (Lipinski definition) is 8. The topological polar surface area (TPSA) is 123 Å². The molecule has 0 aliphatic rings. The molecule has 9 heteroatoms. The van der Waals surface area contributed by atoms with Crippen molar-refractivity contribution in [2.75, 3.05) is 10.6 Å². The van der Waals surface area contributed by atoms with E-state index in [1.807, 2.05) is 6.07 Å². The van der Waals surface area contributed by atoms with E-state index in [1.54, 1.807) is 42.7 Å². The van der Waals surface area contributed by atoms with Gasteiger partial charge in [-0.2, -0.15) is 0 Å². The van der Waals surface area contributed by atoms with Crippen molar-refractivity contribution in [1.82, 2.24) is 15.0 Å². The number of nitrogens with zero attached hydrogens (tertiary/aromatic N) is 4. The number of carbonyl (C=O) groups is 1. The van der Waals surface area contributed by atoms with Gasteiger partial charge in [0.15, 0.2) is 5.78 Å². The number of carbonyl (C=O) groups excluding carboxylic acids is 1. The predicted molar refractivity (Wildman–Crippen MR) is 100.0 cm³/mol. The highest BCUT2D eigenvalue weighted by Gasteiger charge is 2.23. The number of anilines is 3. The molecule has 0 saturated heterocycles. The van der Waals surface area contributed by atoms with E-state index in [0.717, 1.165) is 5.56 Å². The van der Waals surface area contributed by atoms with Crippen LogP contribution >= 0.6 is 0 Å². The molecule has 2 aromatic heterocycles. The van der Waals surface area contributed by atoms with Gasteiger partial charge in [-0.3, -0.25) is 19.9 Å². The molecule has 3 aromatic rings. The summed E-state index contributed by atoms with van der Waals surface area (Å²) in [7, 11) is 0. The van der Waals surface area contributed by atoms with Crippen LogP contribution in [0.3, 0.4) is 0 Å². The molecule has 0 spiro atoms. The first-order valence-electron chi connectivity index (χ1n) is 8.05. The minimum absolute atomic E-state index is 0.0549. The van der Waals surface area contributed by atoms with Crippen molar-refractivity contribution in [1.29, 1.82) is 0 Å². The summed E-state index contributed by atoms with van der Waals surface area (Å²) in [6.07, 6.45) is 4.55. The molecule has 0 fully saturated rings. The normalized spacial score (nSPS) is 10.3. The van der Waals surface area contributed by atoms with Crippen LogP contribution in [0.4, 0.5) is 23.0 Å². The Labute approximate surface area is 154 Å². The zero-order valence-corrected chi connectivity index (χ0v) is 14.4. The number of ketones is 1. The lowest BCUT2D eigenvalue weighted by atomic mass is 10.1. The summed E-state index contributed by atoms with van der Waals surface area (Å²) in [5.74, 6) is 0.0948. The van der Waals surface area contributed by atoms with E-state index in [9.17, 15) is 14.9 Å². The number of aromatic nitrogens is 3. The number of hydrogen-bond donors (Lipinski definition) is 2. The molecule has 3 rings (SSSR count). The largest absolute Gasteiger partial charge is 0.360 e. The van der Waals surface area contributed by atoms with Crippen molar-refractivity contribution in [3.05, 3.63) is 76.4 Å². The first kappa shape index (κ1) is 17.9. The van der Waals surface area contributed by atoms with E-state index in [1.165, 1.54) is 13.3 Å². The molecule has 136 valence electrons. The van der Waals surface area contributed by atoms with E-state index in [-0.39, 0.29) is 23.1 Å². The second kappa shape index (κ2) is 8.00. The molecule has 0 aliphatic carbocycles. The van der Waals surface area contributed by atoms with Crippen LogP contribution in [0.2, 0.25) is 0 Å². The first-order chi connectivity index (χ1) is 13.0. The van der Waals surface area contributed by atoms with E-state index in [4.69, 9.17) is 0 Å². The zero-order valence-electron chi connectivity index (χ0n) is 14.4. The second-order valence-electron chi connectivity index (χ2n) is 5.65. The van der Waals surface area contributed by atoms with Gasteiger partial charge < -0.3 is 10.6 Å². The lowest BCUT2D eigenvalue weighted by molar-refractivity contribution is -0.383. The monoisotopic (exact) mass is 364 g/mol. The van der Waals surface area contributed by atoms with Gasteiger partial charge in [-0.1, -0.05) is 6.07 Å². The summed E-state index contributed by atoms with van der Waals surface area (Å²) >= 11 is 0. The molecule has 0 amide bonds. The van der Waals surface area contributed by atoms with Gasteiger partial charge in [0.1, 0.15) is 6.33 Å². The smallest absolute Gasteiger partial charge is 0.353 e. The molecule has 0 radical (unpaired) electrons. The Bertz CT molecular complexity index is 961. The van der Waals surface area contributed by atoms with Crippen molar-refractivity contribution in [2.24, 2.45) is 0 Å². The SMILES string of the molecule is CC(=O)c1ccc(Nc2ncnc(NCc3cccnc3)c2[N+](=O)[O-])cc1. The van der Waals surface area contributed by atoms with Crippen LogP contribution in [0.1, 0.15) is 22.8 Å². The van der Waals surface area contributed by atoms with Crippen molar-refractivity contribution in [2.45, 2.75) is 13.5 Å². The lowest BCUT2D eigenvalue weighted by Gasteiger charge is -2.10. The number of Topliss-reactive ketones (excluding diaryl/α,β-unsaturated/α-hetero) is 1. The van der Waals surface area contributed by atoms with Gasteiger partial charge in [-0.15, -0.1) is 0 Å². The van der Waals surface area contributed by atoms with Crippen molar-refractivity contribution < 1.29 is 9.72 Å². The third-order valence-corrected chi connectivity index (χ3v) is 3.74. The van der Waals surface area contributed by atoms with Gasteiger partial charge in [0.25, 0.3) is 0 Å². The summed E-state index contributed by atoms with van der Waals surface area (Å²) in [4.78, 5) is 34.4. The maximum atomic E-state index is 11.6. The van der Waals surface area contributed by atoms with Gasteiger partial charge in [-0.05, 0) is 42.8 Å². The fraction of sp³-hybridized carbons (Fsp3) is 0.111. The van der Waals surface area contributed by atoms with Crippen LogP contribution in [0.5, 0.6) is 0 Å². The van der Waals surface area contributed by atoms with E-state index in [0.29, 0.717) is 17.8 Å². The maximum absolute atomic E-state index is 11.6. The molecular weight excluding hydrogens is 348 g/mol. The minimum Gasteiger partial charge on any atom is -0.360 e.